The second kappa shape index (κ2) is 12.9. The third kappa shape index (κ3) is 9.62. The molecule has 0 N–H and O–H groups in total. The number of phosphoric acid groups is 1. The highest BCUT2D eigenvalue weighted by Gasteiger charge is 2.42. The van der Waals surface area contributed by atoms with Gasteiger partial charge < -0.3 is 13.9 Å². The van der Waals surface area contributed by atoms with Crippen LogP contribution in [0, 0.1) is 17.8 Å². The van der Waals surface area contributed by atoms with Crippen molar-refractivity contribution < 1.29 is 36.8 Å². The predicted molar refractivity (Wildman–Crippen MR) is 147 cm³/mol. The number of rotatable bonds is 12. The molecular formula is C27H49O8PSi. The second-order valence-corrected chi connectivity index (χ2v) is 18.5. The fourth-order valence-electron chi connectivity index (χ4n) is 4.49. The third-order valence-corrected chi connectivity index (χ3v) is 13.6. The number of hydrogen-bond acceptors (Lipinski definition) is 8. The summed E-state index contributed by atoms with van der Waals surface area (Å²) < 4.78 is 48.2. The molecule has 0 spiro atoms. The Bertz CT molecular complexity index is 866. The van der Waals surface area contributed by atoms with Gasteiger partial charge >= 0.3 is 13.8 Å². The summed E-state index contributed by atoms with van der Waals surface area (Å²) in [5.41, 5.74) is 0. The Hall–Kier alpha value is -0.963. The summed E-state index contributed by atoms with van der Waals surface area (Å²) in [5.74, 6) is -0.416. The highest BCUT2D eigenvalue weighted by molar-refractivity contribution is 7.48. The molecule has 1 saturated carbocycles. The maximum atomic E-state index is 13.4. The minimum absolute atomic E-state index is 0.0237. The molecule has 37 heavy (non-hydrogen) atoms. The molecule has 0 unspecified atom stereocenters. The number of cyclic esters (lactones) is 1. The van der Waals surface area contributed by atoms with E-state index >= 15 is 0 Å². The third-order valence-electron chi connectivity index (χ3n) is 7.44. The molecule has 0 aromatic carbocycles. The van der Waals surface area contributed by atoms with Crippen molar-refractivity contribution in [3.05, 3.63) is 24.0 Å². The molecule has 10 heteroatoms. The molecule has 1 aliphatic heterocycles. The average Bonchev–Trinajstić information content (AvgIpc) is 2.73. The Morgan fingerprint density at radius 1 is 1.16 bits per heavy atom. The standard InChI is InChI=1S/C27H49O8PSi/c1-11-30-36(29,31-12-2)35-24(16-14-22-18-25(28)34-27(7,8)33-22)23-15-13-20(3)17-21(23)19-32-37(9,10)26(4,5)6/h14,16,18,20-21,23-24H,11-13,15,17,19H2,1-10H3/b16-14+/t20-,21+,23-,24-/m1/s1. The first-order valence-corrected chi connectivity index (χ1v) is 17.9. The number of carbonyl (C=O) groups excluding carboxylic acids is 1. The zero-order chi connectivity index (χ0) is 28.1. The number of hydrogen-bond donors (Lipinski definition) is 0. The van der Waals surface area contributed by atoms with Crippen LogP contribution in [0.3, 0.4) is 0 Å². The fourth-order valence-corrected chi connectivity index (χ4v) is 6.91. The Balaban J connectivity index is 2.39. The summed E-state index contributed by atoms with van der Waals surface area (Å²) in [7, 11) is -5.76. The molecular weight excluding hydrogens is 511 g/mol. The Morgan fingerprint density at radius 2 is 1.78 bits per heavy atom. The van der Waals surface area contributed by atoms with Gasteiger partial charge in [-0.15, -0.1) is 0 Å². The lowest BCUT2D eigenvalue weighted by Gasteiger charge is -2.42. The molecule has 1 fully saturated rings. The molecule has 1 aliphatic carbocycles. The lowest BCUT2D eigenvalue weighted by atomic mass is 9.72. The Kier molecular flexibility index (Phi) is 11.3. The summed E-state index contributed by atoms with van der Waals surface area (Å²) in [6.07, 6.45) is 7.11. The number of phosphoric ester groups is 1. The van der Waals surface area contributed by atoms with Crippen molar-refractivity contribution in [2.75, 3.05) is 19.8 Å². The largest absolute Gasteiger partial charge is 0.475 e. The molecule has 0 saturated heterocycles. The molecule has 0 aromatic heterocycles. The van der Waals surface area contributed by atoms with Crippen molar-refractivity contribution in [2.24, 2.45) is 17.8 Å². The molecule has 2 rings (SSSR count). The fraction of sp³-hybridized carbons (Fsp3) is 0.815. The van der Waals surface area contributed by atoms with Crippen LogP contribution in [0.5, 0.6) is 0 Å². The molecule has 4 atom stereocenters. The summed E-state index contributed by atoms with van der Waals surface area (Å²) in [6.45, 7) is 21.4. The predicted octanol–water partition coefficient (Wildman–Crippen LogP) is 7.38. The van der Waals surface area contributed by atoms with E-state index < -0.39 is 34.0 Å². The molecule has 0 amide bonds. The topological polar surface area (TPSA) is 89.5 Å². The first-order valence-electron chi connectivity index (χ1n) is 13.5. The van der Waals surface area contributed by atoms with Gasteiger partial charge in [0, 0.05) is 20.5 Å². The van der Waals surface area contributed by atoms with Crippen molar-refractivity contribution in [1.82, 2.24) is 0 Å². The summed E-state index contributed by atoms with van der Waals surface area (Å²) in [5, 5.41) is 0.102. The molecule has 0 radical (unpaired) electrons. The van der Waals surface area contributed by atoms with Gasteiger partial charge in [-0.05, 0) is 68.7 Å². The summed E-state index contributed by atoms with van der Waals surface area (Å²) >= 11 is 0. The van der Waals surface area contributed by atoms with Gasteiger partial charge in [0.05, 0.1) is 25.4 Å². The minimum atomic E-state index is -3.80. The van der Waals surface area contributed by atoms with E-state index in [4.69, 9.17) is 27.5 Å². The van der Waals surface area contributed by atoms with E-state index in [0.717, 1.165) is 19.3 Å². The van der Waals surface area contributed by atoms with Crippen molar-refractivity contribution in [2.45, 2.75) is 105 Å². The molecule has 0 bridgehead atoms. The summed E-state index contributed by atoms with van der Waals surface area (Å²) in [6, 6.07) is 0. The zero-order valence-corrected chi connectivity index (χ0v) is 26.4. The van der Waals surface area contributed by atoms with Gasteiger partial charge in [-0.1, -0.05) is 40.2 Å². The van der Waals surface area contributed by atoms with Crippen LogP contribution in [0.1, 0.15) is 74.7 Å². The highest BCUT2D eigenvalue weighted by atomic mass is 31.2. The summed E-state index contributed by atoms with van der Waals surface area (Å²) in [4.78, 5) is 12.0. The normalized spacial score (nSPS) is 25.9. The number of ether oxygens (including phenoxy) is 2. The van der Waals surface area contributed by atoms with Crippen molar-refractivity contribution in [1.29, 1.82) is 0 Å². The van der Waals surface area contributed by atoms with Crippen LogP contribution in [0.4, 0.5) is 0 Å². The van der Waals surface area contributed by atoms with Crippen LogP contribution < -0.4 is 0 Å². The van der Waals surface area contributed by atoms with Gasteiger partial charge in [-0.25, -0.2) is 9.36 Å². The van der Waals surface area contributed by atoms with Crippen LogP contribution in [-0.2, 0) is 36.8 Å². The molecule has 8 nitrogen and oxygen atoms in total. The van der Waals surface area contributed by atoms with Gasteiger partial charge in [0.1, 0.15) is 5.76 Å². The van der Waals surface area contributed by atoms with Gasteiger partial charge in [0.15, 0.2) is 8.32 Å². The maximum absolute atomic E-state index is 13.4. The molecule has 214 valence electrons. The van der Waals surface area contributed by atoms with Gasteiger partial charge in [0.25, 0.3) is 0 Å². The van der Waals surface area contributed by atoms with Gasteiger partial charge in [-0.3, -0.25) is 13.6 Å². The highest BCUT2D eigenvalue weighted by Crippen LogP contribution is 2.53. The van der Waals surface area contributed by atoms with Gasteiger partial charge in [-0.2, -0.15) is 0 Å². The lowest BCUT2D eigenvalue weighted by molar-refractivity contribution is -0.203. The van der Waals surface area contributed by atoms with E-state index in [-0.39, 0.29) is 30.1 Å². The first kappa shape index (κ1) is 32.2. The smallest absolute Gasteiger partial charge is 0.453 e. The van der Waals surface area contributed by atoms with Crippen molar-refractivity contribution in [3.63, 3.8) is 0 Å². The Labute approximate surface area is 225 Å². The SMILES string of the molecule is CCOP(=O)(OCC)O[C@H](/C=C/C1=CC(=O)OC(C)(C)O1)[C@@H]1CC[C@@H](C)C[C@H]1CO[Si](C)(C)C(C)(C)C. The van der Waals surface area contributed by atoms with Crippen molar-refractivity contribution >= 4 is 22.1 Å². The van der Waals surface area contributed by atoms with Crippen molar-refractivity contribution in [3.8, 4) is 0 Å². The lowest BCUT2D eigenvalue weighted by Crippen LogP contribution is -2.44. The minimum Gasteiger partial charge on any atom is -0.453 e. The molecule has 2 aliphatic rings. The van der Waals surface area contributed by atoms with E-state index in [1.807, 2.05) is 6.08 Å². The quantitative estimate of drug-likeness (QED) is 0.139. The van der Waals surface area contributed by atoms with E-state index in [2.05, 4.69) is 40.8 Å². The second-order valence-electron chi connectivity index (χ2n) is 12.1. The Morgan fingerprint density at radius 3 is 2.32 bits per heavy atom. The van der Waals surface area contributed by atoms with E-state index in [0.29, 0.717) is 18.3 Å². The monoisotopic (exact) mass is 560 g/mol. The number of esters is 1. The zero-order valence-electron chi connectivity index (χ0n) is 24.5. The number of allylic oxidation sites excluding steroid dienone is 1. The van der Waals surface area contributed by atoms with E-state index in [9.17, 15) is 9.36 Å². The average molecular weight is 561 g/mol. The van der Waals surface area contributed by atoms with E-state index in [1.54, 1.807) is 33.8 Å². The van der Waals surface area contributed by atoms with E-state index in [1.165, 1.54) is 6.08 Å². The van der Waals surface area contributed by atoms with Crippen LogP contribution in [0.15, 0.2) is 24.0 Å². The van der Waals surface area contributed by atoms with Crippen LogP contribution >= 0.6 is 7.82 Å². The van der Waals surface area contributed by atoms with Crippen LogP contribution in [0.25, 0.3) is 0 Å². The number of carbonyl (C=O) groups is 1. The van der Waals surface area contributed by atoms with Crippen LogP contribution in [0.2, 0.25) is 18.1 Å². The maximum Gasteiger partial charge on any atom is 0.475 e. The van der Waals surface area contributed by atoms with Gasteiger partial charge in [0.2, 0.25) is 5.79 Å². The molecule has 0 aromatic rings. The van der Waals surface area contributed by atoms with Crippen LogP contribution in [-0.4, -0.2) is 46.0 Å². The first-order chi connectivity index (χ1) is 17.0. The molecule has 1 heterocycles.